The highest BCUT2D eigenvalue weighted by atomic mass is 15.2. The molecule has 0 saturated carbocycles. The fourth-order valence-corrected chi connectivity index (χ4v) is 2.10. The van der Waals surface area contributed by atoms with Gasteiger partial charge in [0.15, 0.2) is 0 Å². The van der Waals surface area contributed by atoms with E-state index in [9.17, 15) is 0 Å². The molecule has 1 aliphatic heterocycles. The molecule has 96 valence electrons. The Balaban J connectivity index is 1.72. The molecule has 2 rings (SSSR count). The van der Waals surface area contributed by atoms with Gasteiger partial charge in [0, 0.05) is 44.6 Å². The number of aromatic nitrogens is 2. The monoisotopic (exact) mass is 236 g/mol. The molecule has 0 aliphatic carbocycles. The third-order valence-electron chi connectivity index (χ3n) is 3.72. The van der Waals surface area contributed by atoms with Gasteiger partial charge in [-0.2, -0.15) is 0 Å². The molecule has 0 bridgehead atoms. The lowest BCUT2D eigenvalue weighted by Crippen LogP contribution is -2.41. The molecule has 0 aromatic carbocycles. The lowest BCUT2D eigenvalue weighted by molar-refractivity contribution is 0.213. The zero-order valence-corrected chi connectivity index (χ0v) is 11.2. The Kier molecular flexibility index (Phi) is 4.18. The molecule has 2 heterocycles. The number of hydrogen-bond acceptors (Lipinski definition) is 3. The van der Waals surface area contributed by atoms with E-state index in [0.29, 0.717) is 12.0 Å². The summed E-state index contributed by atoms with van der Waals surface area (Å²) in [7, 11) is 0. The topological polar surface area (TPSA) is 33.1 Å². The van der Waals surface area contributed by atoms with Crippen molar-refractivity contribution in [1.82, 2.24) is 19.8 Å². The van der Waals surface area contributed by atoms with Crippen LogP contribution in [0.1, 0.15) is 26.6 Å². The van der Waals surface area contributed by atoms with Crippen LogP contribution < -0.4 is 5.32 Å². The van der Waals surface area contributed by atoms with E-state index < -0.39 is 0 Å². The first-order valence-electron chi connectivity index (χ1n) is 6.62. The van der Waals surface area contributed by atoms with Crippen molar-refractivity contribution in [3.05, 3.63) is 18.2 Å². The maximum atomic E-state index is 4.38. The van der Waals surface area contributed by atoms with E-state index >= 15 is 0 Å². The first-order valence-corrected chi connectivity index (χ1v) is 6.62. The summed E-state index contributed by atoms with van der Waals surface area (Å²) in [5.74, 6) is 1.91. The van der Waals surface area contributed by atoms with Crippen molar-refractivity contribution >= 4 is 0 Å². The quantitative estimate of drug-likeness (QED) is 0.837. The van der Waals surface area contributed by atoms with E-state index in [1.165, 1.54) is 5.82 Å². The highest BCUT2D eigenvalue weighted by Crippen LogP contribution is 2.09. The molecular formula is C13H24N4. The maximum Gasteiger partial charge on any atom is 0.122 e. The van der Waals surface area contributed by atoms with Crippen LogP contribution in [0.25, 0.3) is 0 Å². The zero-order chi connectivity index (χ0) is 12.3. The van der Waals surface area contributed by atoms with Gasteiger partial charge in [-0.05, 0) is 12.8 Å². The van der Waals surface area contributed by atoms with Crippen LogP contribution in [0.15, 0.2) is 12.4 Å². The third kappa shape index (κ3) is 3.30. The molecule has 1 aliphatic rings. The summed E-state index contributed by atoms with van der Waals surface area (Å²) in [4.78, 5) is 6.85. The SMILES string of the molecule is CC(C)C(C)NCCN1CCn2ccnc2C1. The van der Waals surface area contributed by atoms with Crippen LogP contribution in [-0.4, -0.2) is 40.1 Å². The molecule has 1 aromatic heterocycles. The van der Waals surface area contributed by atoms with E-state index in [-0.39, 0.29) is 0 Å². The van der Waals surface area contributed by atoms with Crippen molar-refractivity contribution in [2.75, 3.05) is 19.6 Å². The van der Waals surface area contributed by atoms with Crippen LogP contribution in [0.3, 0.4) is 0 Å². The van der Waals surface area contributed by atoms with Crippen LogP contribution in [-0.2, 0) is 13.1 Å². The van der Waals surface area contributed by atoms with Crippen molar-refractivity contribution in [3.63, 3.8) is 0 Å². The Morgan fingerprint density at radius 2 is 2.18 bits per heavy atom. The van der Waals surface area contributed by atoms with Gasteiger partial charge in [0.1, 0.15) is 5.82 Å². The zero-order valence-electron chi connectivity index (χ0n) is 11.2. The average Bonchev–Trinajstić information content (AvgIpc) is 2.75. The number of nitrogens with zero attached hydrogens (tertiary/aromatic N) is 3. The van der Waals surface area contributed by atoms with E-state index in [1.807, 2.05) is 6.20 Å². The summed E-state index contributed by atoms with van der Waals surface area (Å²) < 4.78 is 2.25. The first-order chi connectivity index (χ1) is 8.16. The van der Waals surface area contributed by atoms with Crippen molar-refractivity contribution in [2.45, 2.75) is 39.9 Å². The van der Waals surface area contributed by atoms with Crippen LogP contribution in [0.5, 0.6) is 0 Å². The average molecular weight is 236 g/mol. The predicted molar refractivity (Wildman–Crippen MR) is 69.8 cm³/mol. The first kappa shape index (κ1) is 12.6. The standard InChI is InChI=1S/C13H24N4/c1-11(2)12(3)14-4-6-16-8-9-17-7-5-15-13(17)10-16/h5,7,11-12,14H,4,6,8-10H2,1-3H3. The number of hydrogen-bond donors (Lipinski definition) is 1. The molecule has 0 radical (unpaired) electrons. The molecule has 4 heteroatoms. The van der Waals surface area contributed by atoms with Gasteiger partial charge in [-0.3, -0.25) is 4.90 Å². The molecule has 1 N–H and O–H groups in total. The summed E-state index contributed by atoms with van der Waals surface area (Å²) in [6.07, 6.45) is 3.98. The number of nitrogens with one attached hydrogen (secondary N) is 1. The van der Waals surface area contributed by atoms with Gasteiger partial charge < -0.3 is 9.88 Å². The summed E-state index contributed by atoms with van der Waals surface area (Å²) in [5.41, 5.74) is 0. The van der Waals surface area contributed by atoms with Gasteiger partial charge in [-0.25, -0.2) is 4.98 Å². The van der Waals surface area contributed by atoms with Gasteiger partial charge in [0.2, 0.25) is 0 Å². The van der Waals surface area contributed by atoms with E-state index in [4.69, 9.17) is 0 Å². The minimum atomic E-state index is 0.599. The van der Waals surface area contributed by atoms with E-state index in [1.54, 1.807) is 0 Å². The van der Waals surface area contributed by atoms with Gasteiger partial charge in [0.25, 0.3) is 0 Å². The van der Waals surface area contributed by atoms with Crippen molar-refractivity contribution < 1.29 is 0 Å². The maximum absolute atomic E-state index is 4.38. The Bertz CT molecular complexity index is 345. The van der Waals surface area contributed by atoms with Crippen molar-refractivity contribution in [1.29, 1.82) is 0 Å². The summed E-state index contributed by atoms with van der Waals surface area (Å²) in [6.45, 7) is 12.2. The third-order valence-corrected chi connectivity index (χ3v) is 3.72. The second-order valence-electron chi connectivity index (χ2n) is 5.30. The Labute approximate surface area is 104 Å². The molecule has 0 saturated heterocycles. The lowest BCUT2D eigenvalue weighted by atomic mass is 10.1. The largest absolute Gasteiger partial charge is 0.333 e. The number of fused-ring (bicyclic) bond motifs is 1. The lowest BCUT2D eigenvalue weighted by Gasteiger charge is -2.28. The van der Waals surface area contributed by atoms with Crippen LogP contribution in [0.2, 0.25) is 0 Å². The second-order valence-corrected chi connectivity index (χ2v) is 5.30. The minimum absolute atomic E-state index is 0.599. The van der Waals surface area contributed by atoms with Crippen molar-refractivity contribution in [2.24, 2.45) is 5.92 Å². The molecule has 4 nitrogen and oxygen atoms in total. The normalized spacial score (nSPS) is 18.4. The Morgan fingerprint density at radius 1 is 1.35 bits per heavy atom. The van der Waals surface area contributed by atoms with Crippen LogP contribution in [0, 0.1) is 5.92 Å². The van der Waals surface area contributed by atoms with Gasteiger partial charge in [0.05, 0.1) is 6.54 Å². The fourth-order valence-electron chi connectivity index (χ4n) is 2.10. The smallest absolute Gasteiger partial charge is 0.122 e. The molecule has 0 spiro atoms. The van der Waals surface area contributed by atoms with Crippen LogP contribution >= 0.6 is 0 Å². The van der Waals surface area contributed by atoms with Gasteiger partial charge in [-0.1, -0.05) is 13.8 Å². The number of imidazole rings is 1. The van der Waals surface area contributed by atoms with Crippen molar-refractivity contribution in [3.8, 4) is 0 Å². The minimum Gasteiger partial charge on any atom is -0.333 e. The molecule has 1 aromatic rings. The summed E-state index contributed by atoms with van der Waals surface area (Å²) in [5, 5.41) is 3.58. The van der Waals surface area contributed by atoms with E-state index in [2.05, 4.69) is 46.7 Å². The fraction of sp³-hybridized carbons (Fsp3) is 0.769. The summed E-state index contributed by atoms with van der Waals surface area (Å²) >= 11 is 0. The van der Waals surface area contributed by atoms with Gasteiger partial charge in [-0.15, -0.1) is 0 Å². The Hall–Kier alpha value is -0.870. The van der Waals surface area contributed by atoms with E-state index in [0.717, 1.165) is 32.7 Å². The number of rotatable bonds is 5. The molecule has 17 heavy (non-hydrogen) atoms. The molecule has 0 amide bonds. The molecular weight excluding hydrogens is 212 g/mol. The highest BCUT2D eigenvalue weighted by molar-refractivity contribution is 4.95. The molecule has 1 unspecified atom stereocenters. The Morgan fingerprint density at radius 3 is 2.94 bits per heavy atom. The molecule has 0 fully saturated rings. The van der Waals surface area contributed by atoms with Gasteiger partial charge >= 0.3 is 0 Å². The summed E-state index contributed by atoms with van der Waals surface area (Å²) in [6, 6.07) is 0.599. The van der Waals surface area contributed by atoms with Crippen LogP contribution in [0.4, 0.5) is 0 Å². The predicted octanol–water partition coefficient (Wildman–Crippen LogP) is 1.33. The highest BCUT2D eigenvalue weighted by Gasteiger charge is 2.16. The second kappa shape index (κ2) is 5.65. The molecule has 1 atom stereocenters.